The normalized spacial score (nSPS) is 10.8. The lowest BCUT2D eigenvalue weighted by Crippen LogP contribution is -2.15. The van der Waals surface area contributed by atoms with Gasteiger partial charge in [-0.1, -0.05) is 47.1 Å². The Kier molecular flexibility index (Phi) is 7.41. The minimum Gasteiger partial charge on any atom is -0.378 e. The van der Waals surface area contributed by atoms with E-state index in [-0.39, 0.29) is 11.7 Å². The Labute approximate surface area is 184 Å². The quantitative estimate of drug-likeness (QED) is 0.459. The predicted molar refractivity (Wildman–Crippen MR) is 120 cm³/mol. The van der Waals surface area contributed by atoms with Crippen LogP contribution in [0, 0.1) is 6.92 Å². The minimum atomic E-state index is -0.126. The number of aryl methyl sites for hydroxylation is 1. The molecule has 1 heterocycles. The van der Waals surface area contributed by atoms with E-state index in [9.17, 15) is 4.79 Å². The number of benzene rings is 2. The number of thioether (sulfide) groups is 1. The van der Waals surface area contributed by atoms with Gasteiger partial charge in [-0.15, -0.1) is 10.2 Å². The number of hydrogen-bond donors (Lipinski definition) is 2. The lowest BCUT2D eigenvalue weighted by molar-refractivity contribution is -0.113. The third-order valence-electron chi connectivity index (χ3n) is 4.17. The van der Waals surface area contributed by atoms with Crippen LogP contribution in [0.1, 0.15) is 18.3 Å². The second-order valence-corrected chi connectivity index (χ2v) is 8.09. The zero-order valence-electron chi connectivity index (χ0n) is 16.1. The van der Waals surface area contributed by atoms with Gasteiger partial charge >= 0.3 is 0 Å². The molecule has 0 aliphatic rings. The molecule has 0 spiro atoms. The molecule has 0 fully saturated rings. The first kappa shape index (κ1) is 21.5. The van der Waals surface area contributed by atoms with E-state index in [1.165, 1.54) is 11.8 Å². The monoisotopic (exact) mass is 449 g/mol. The van der Waals surface area contributed by atoms with Crippen molar-refractivity contribution in [1.29, 1.82) is 0 Å². The standard InChI is InChI=1S/C20H21Cl2N5OS/c1-3-27-18(11-23-15-6-4-5-14(21)9-15)25-26-20(27)29-12-19(28)24-16-8-7-13(2)17(22)10-16/h4-10,23H,3,11-12H2,1-2H3,(H,24,28). The van der Waals surface area contributed by atoms with Crippen molar-refractivity contribution in [2.45, 2.75) is 32.1 Å². The molecule has 3 aromatic rings. The number of aromatic nitrogens is 3. The molecule has 29 heavy (non-hydrogen) atoms. The van der Waals surface area contributed by atoms with Crippen molar-refractivity contribution in [3.63, 3.8) is 0 Å². The number of amides is 1. The van der Waals surface area contributed by atoms with Gasteiger partial charge in [-0.25, -0.2) is 0 Å². The Morgan fingerprint density at radius 2 is 1.97 bits per heavy atom. The summed E-state index contributed by atoms with van der Waals surface area (Å²) in [4.78, 5) is 12.3. The van der Waals surface area contributed by atoms with Crippen molar-refractivity contribution in [1.82, 2.24) is 14.8 Å². The molecular weight excluding hydrogens is 429 g/mol. The summed E-state index contributed by atoms with van der Waals surface area (Å²) in [5, 5.41) is 16.6. The number of rotatable bonds is 8. The molecule has 1 aromatic heterocycles. The largest absolute Gasteiger partial charge is 0.378 e. The molecule has 0 atom stereocenters. The summed E-state index contributed by atoms with van der Waals surface area (Å²) in [5.41, 5.74) is 2.55. The molecule has 9 heteroatoms. The van der Waals surface area contributed by atoms with Crippen molar-refractivity contribution in [2.24, 2.45) is 0 Å². The van der Waals surface area contributed by atoms with Crippen molar-refractivity contribution in [3.05, 3.63) is 63.9 Å². The van der Waals surface area contributed by atoms with Gasteiger partial charge < -0.3 is 15.2 Å². The van der Waals surface area contributed by atoms with Crippen LogP contribution in [-0.4, -0.2) is 26.4 Å². The number of hydrogen-bond acceptors (Lipinski definition) is 5. The third kappa shape index (κ3) is 5.88. The smallest absolute Gasteiger partial charge is 0.234 e. The zero-order chi connectivity index (χ0) is 20.8. The molecule has 0 aliphatic carbocycles. The van der Waals surface area contributed by atoms with Crippen LogP contribution in [0.3, 0.4) is 0 Å². The fourth-order valence-electron chi connectivity index (χ4n) is 2.65. The zero-order valence-corrected chi connectivity index (χ0v) is 18.4. The van der Waals surface area contributed by atoms with E-state index in [1.54, 1.807) is 6.07 Å². The second-order valence-electron chi connectivity index (χ2n) is 6.31. The van der Waals surface area contributed by atoms with Crippen LogP contribution in [-0.2, 0) is 17.9 Å². The summed E-state index contributed by atoms with van der Waals surface area (Å²) in [7, 11) is 0. The highest BCUT2D eigenvalue weighted by Gasteiger charge is 2.13. The average Bonchev–Trinajstić information content (AvgIpc) is 3.09. The van der Waals surface area contributed by atoms with Gasteiger partial charge in [-0.05, 0) is 49.7 Å². The Bertz CT molecular complexity index is 1010. The summed E-state index contributed by atoms with van der Waals surface area (Å²) < 4.78 is 1.98. The van der Waals surface area contributed by atoms with Gasteiger partial charge in [0, 0.05) is 28.0 Å². The van der Waals surface area contributed by atoms with E-state index < -0.39 is 0 Å². The van der Waals surface area contributed by atoms with Crippen LogP contribution in [0.25, 0.3) is 0 Å². The Morgan fingerprint density at radius 3 is 2.69 bits per heavy atom. The maximum Gasteiger partial charge on any atom is 0.234 e. The fourth-order valence-corrected chi connectivity index (χ4v) is 3.84. The number of carbonyl (C=O) groups is 1. The lowest BCUT2D eigenvalue weighted by atomic mass is 10.2. The van der Waals surface area contributed by atoms with Crippen LogP contribution in [0.4, 0.5) is 11.4 Å². The highest BCUT2D eigenvalue weighted by molar-refractivity contribution is 7.99. The molecular formula is C20H21Cl2N5OS. The summed E-state index contributed by atoms with van der Waals surface area (Å²) >= 11 is 13.5. The van der Waals surface area contributed by atoms with Crippen LogP contribution in [0.2, 0.25) is 10.0 Å². The van der Waals surface area contributed by atoms with Crippen LogP contribution >= 0.6 is 35.0 Å². The molecule has 0 unspecified atom stereocenters. The molecule has 2 aromatic carbocycles. The number of nitrogens with zero attached hydrogens (tertiary/aromatic N) is 3. The minimum absolute atomic E-state index is 0.126. The van der Waals surface area contributed by atoms with Crippen molar-refractivity contribution >= 4 is 52.2 Å². The highest BCUT2D eigenvalue weighted by Crippen LogP contribution is 2.22. The van der Waals surface area contributed by atoms with Gasteiger partial charge in [0.15, 0.2) is 11.0 Å². The number of carbonyl (C=O) groups excluding carboxylic acids is 1. The Morgan fingerprint density at radius 1 is 1.14 bits per heavy atom. The molecule has 152 valence electrons. The van der Waals surface area contributed by atoms with Crippen molar-refractivity contribution in [3.8, 4) is 0 Å². The Balaban J connectivity index is 1.58. The van der Waals surface area contributed by atoms with Gasteiger partial charge in [-0.2, -0.15) is 0 Å². The van der Waals surface area contributed by atoms with Gasteiger partial charge in [0.25, 0.3) is 0 Å². The second kappa shape index (κ2) is 10.0. The van der Waals surface area contributed by atoms with Gasteiger partial charge in [-0.3, -0.25) is 4.79 Å². The first-order chi connectivity index (χ1) is 14.0. The topological polar surface area (TPSA) is 71.8 Å². The van der Waals surface area contributed by atoms with Crippen molar-refractivity contribution in [2.75, 3.05) is 16.4 Å². The molecule has 0 saturated carbocycles. The van der Waals surface area contributed by atoms with E-state index in [2.05, 4.69) is 20.8 Å². The summed E-state index contributed by atoms with van der Waals surface area (Å²) in [6.07, 6.45) is 0. The van der Waals surface area contributed by atoms with Crippen LogP contribution in [0.5, 0.6) is 0 Å². The van der Waals surface area contributed by atoms with Gasteiger partial charge in [0.2, 0.25) is 5.91 Å². The Hall–Kier alpha value is -2.22. The summed E-state index contributed by atoms with van der Waals surface area (Å²) in [6.45, 7) is 5.15. The lowest BCUT2D eigenvalue weighted by Gasteiger charge is -2.10. The molecule has 1 amide bonds. The molecule has 0 aliphatic heterocycles. The van der Waals surface area contributed by atoms with Crippen molar-refractivity contribution < 1.29 is 4.79 Å². The van der Waals surface area contributed by atoms with E-state index in [0.29, 0.717) is 34.0 Å². The van der Waals surface area contributed by atoms with E-state index in [1.807, 2.05) is 54.8 Å². The first-order valence-electron chi connectivity index (χ1n) is 9.06. The van der Waals surface area contributed by atoms with Gasteiger partial charge in [0.1, 0.15) is 0 Å². The molecule has 2 N–H and O–H groups in total. The van der Waals surface area contributed by atoms with E-state index >= 15 is 0 Å². The first-order valence-corrected chi connectivity index (χ1v) is 10.8. The number of nitrogens with one attached hydrogen (secondary N) is 2. The third-order valence-corrected chi connectivity index (χ3v) is 5.78. The van der Waals surface area contributed by atoms with Crippen LogP contribution in [0.15, 0.2) is 47.6 Å². The maximum atomic E-state index is 12.3. The molecule has 0 radical (unpaired) electrons. The molecule has 6 nitrogen and oxygen atoms in total. The van der Waals surface area contributed by atoms with Crippen LogP contribution < -0.4 is 10.6 Å². The van der Waals surface area contributed by atoms with Gasteiger partial charge in [0.05, 0.1) is 12.3 Å². The van der Waals surface area contributed by atoms with E-state index in [0.717, 1.165) is 17.1 Å². The SMILES string of the molecule is CCn1c(CNc2cccc(Cl)c2)nnc1SCC(=O)Nc1ccc(C)c(Cl)c1. The molecule has 0 bridgehead atoms. The number of anilines is 2. The van der Waals surface area contributed by atoms with E-state index in [4.69, 9.17) is 23.2 Å². The summed E-state index contributed by atoms with van der Waals surface area (Å²) in [6, 6.07) is 13.0. The maximum absolute atomic E-state index is 12.3. The average molecular weight is 450 g/mol. The predicted octanol–water partition coefficient (Wildman–Crippen LogP) is 5.26. The molecule has 3 rings (SSSR count). The molecule has 0 saturated heterocycles. The fraction of sp³-hybridized carbons (Fsp3) is 0.250. The summed E-state index contributed by atoms with van der Waals surface area (Å²) in [5.74, 6) is 0.894. The number of halogens is 2. The highest BCUT2D eigenvalue weighted by atomic mass is 35.5.